The molecule has 1 aliphatic heterocycles. The number of piperidine rings is 1. The summed E-state index contributed by atoms with van der Waals surface area (Å²) < 4.78 is 0. The second-order valence-electron chi connectivity index (χ2n) is 2.66. The molecule has 0 bridgehead atoms. The van der Waals surface area contributed by atoms with E-state index in [0.717, 1.165) is 18.7 Å². The van der Waals surface area contributed by atoms with Crippen molar-refractivity contribution in [3.8, 4) is 0 Å². The van der Waals surface area contributed by atoms with Gasteiger partial charge < -0.3 is 5.32 Å². The lowest BCUT2D eigenvalue weighted by Crippen LogP contribution is -2.20. The zero-order valence-corrected chi connectivity index (χ0v) is 6.31. The summed E-state index contributed by atoms with van der Waals surface area (Å²) in [6.07, 6.45) is 5.18. The van der Waals surface area contributed by atoms with Gasteiger partial charge in [0.25, 0.3) is 0 Å². The van der Waals surface area contributed by atoms with Crippen molar-refractivity contribution in [1.82, 2.24) is 5.32 Å². The molecule has 1 aliphatic rings. The minimum absolute atomic E-state index is 0.143. The van der Waals surface area contributed by atoms with Crippen LogP contribution in [0.25, 0.3) is 0 Å². The highest BCUT2D eigenvalue weighted by Gasteiger charge is 2.03. The molecular formula is C8H13NO. The van der Waals surface area contributed by atoms with Gasteiger partial charge in [0.1, 0.15) is 0 Å². The molecule has 10 heavy (non-hydrogen) atoms. The van der Waals surface area contributed by atoms with E-state index >= 15 is 0 Å². The first-order valence-electron chi connectivity index (χ1n) is 3.74. The molecule has 0 aromatic heterocycles. The van der Waals surface area contributed by atoms with Gasteiger partial charge in [0.2, 0.25) is 0 Å². The molecule has 0 aliphatic carbocycles. The highest BCUT2D eigenvalue weighted by molar-refractivity contribution is 5.87. The number of carbonyl (C=O) groups excluding carboxylic acids is 1. The summed E-state index contributed by atoms with van der Waals surface area (Å²) in [5, 5.41) is 3.19. The van der Waals surface area contributed by atoms with Crippen molar-refractivity contribution in [2.24, 2.45) is 0 Å². The van der Waals surface area contributed by atoms with E-state index in [1.165, 1.54) is 12.8 Å². The molecule has 0 saturated carbocycles. The third kappa shape index (κ3) is 2.21. The zero-order valence-electron chi connectivity index (χ0n) is 6.31. The average molecular weight is 139 g/mol. The maximum Gasteiger partial charge on any atom is 0.154 e. The van der Waals surface area contributed by atoms with Gasteiger partial charge >= 0.3 is 0 Å². The molecule has 1 rings (SSSR count). The van der Waals surface area contributed by atoms with Crippen LogP contribution >= 0.6 is 0 Å². The number of rotatable bonds is 1. The predicted molar refractivity (Wildman–Crippen MR) is 40.6 cm³/mol. The van der Waals surface area contributed by atoms with Gasteiger partial charge in [-0.2, -0.15) is 0 Å². The number of nitrogens with one attached hydrogen (secondary N) is 1. The number of hydrogen-bond donors (Lipinski definition) is 1. The number of allylic oxidation sites excluding steroid dienone is 2. The van der Waals surface area contributed by atoms with Crippen LogP contribution in [0.15, 0.2) is 11.8 Å². The standard InChI is InChI=1S/C8H13NO/c1-7(10)6-8-4-2-3-5-9-8/h6,9H,2-5H2,1H3/b8-6-. The SMILES string of the molecule is CC(=O)/C=C1/CCCCN1. The Morgan fingerprint density at radius 3 is 2.90 bits per heavy atom. The quantitative estimate of drug-likeness (QED) is 0.554. The number of hydrogen-bond acceptors (Lipinski definition) is 2. The first kappa shape index (κ1) is 7.32. The first-order chi connectivity index (χ1) is 4.79. The normalized spacial score (nSPS) is 22.3. The van der Waals surface area contributed by atoms with Gasteiger partial charge in [-0.1, -0.05) is 0 Å². The lowest BCUT2D eigenvalue weighted by molar-refractivity contribution is -0.112. The summed E-state index contributed by atoms with van der Waals surface area (Å²) in [6.45, 7) is 2.61. The minimum Gasteiger partial charge on any atom is -0.388 e. The molecule has 0 spiro atoms. The third-order valence-electron chi connectivity index (χ3n) is 1.60. The molecule has 0 radical (unpaired) electrons. The van der Waals surface area contributed by atoms with Gasteiger partial charge in [0.15, 0.2) is 5.78 Å². The van der Waals surface area contributed by atoms with Gasteiger partial charge in [-0.05, 0) is 32.3 Å². The average Bonchev–Trinajstić information content (AvgIpc) is 1.88. The number of ketones is 1. The molecule has 2 heteroatoms. The molecule has 0 aromatic carbocycles. The van der Waals surface area contributed by atoms with E-state index in [2.05, 4.69) is 5.32 Å². The van der Waals surface area contributed by atoms with E-state index in [0.29, 0.717) is 0 Å². The van der Waals surface area contributed by atoms with Crippen molar-refractivity contribution in [1.29, 1.82) is 0 Å². The van der Waals surface area contributed by atoms with Crippen molar-refractivity contribution in [3.05, 3.63) is 11.8 Å². The molecule has 1 fully saturated rings. The Kier molecular flexibility index (Phi) is 2.49. The summed E-state index contributed by atoms with van der Waals surface area (Å²) >= 11 is 0. The van der Waals surface area contributed by atoms with E-state index in [-0.39, 0.29) is 5.78 Å². The zero-order chi connectivity index (χ0) is 7.40. The molecule has 0 aromatic rings. The third-order valence-corrected chi connectivity index (χ3v) is 1.60. The van der Waals surface area contributed by atoms with Gasteiger partial charge in [-0.15, -0.1) is 0 Å². The lowest BCUT2D eigenvalue weighted by atomic mass is 10.1. The predicted octanol–water partition coefficient (Wildman–Crippen LogP) is 1.23. The van der Waals surface area contributed by atoms with E-state index in [1.807, 2.05) is 0 Å². The summed E-state index contributed by atoms with van der Waals surface area (Å²) in [5.74, 6) is 0.143. The van der Waals surface area contributed by atoms with Crippen molar-refractivity contribution in [3.63, 3.8) is 0 Å². The Bertz CT molecular complexity index is 153. The monoisotopic (exact) mass is 139 g/mol. The van der Waals surface area contributed by atoms with Crippen LogP contribution in [0.4, 0.5) is 0 Å². The Labute approximate surface area is 61.3 Å². The van der Waals surface area contributed by atoms with E-state index in [1.54, 1.807) is 13.0 Å². The smallest absolute Gasteiger partial charge is 0.154 e. The molecule has 56 valence electrons. The largest absolute Gasteiger partial charge is 0.388 e. The van der Waals surface area contributed by atoms with Crippen LogP contribution in [0, 0.1) is 0 Å². The second-order valence-corrected chi connectivity index (χ2v) is 2.66. The van der Waals surface area contributed by atoms with Crippen molar-refractivity contribution < 1.29 is 4.79 Å². The molecule has 1 N–H and O–H groups in total. The highest BCUT2D eigenvalue weighted by atomic mass is 16.1. The maximum absolute atomic E-state index is 10.6. The molecule has 0 atom stereocenters. The maximum atomic E-state index is 10.6. The molecular weight excluding hydrogens is 126 g/mol. The summed E-state index contributed by atoms with van der Waals surface area (Å²) in [7, 11) is 0. The van der Waals surface area contributed by atoms with Crippen molar-refractivity contribution >= 4 is 5.78 Å². The van der Waals surface area contributed by atoms with Crippen LogP contribution in [0.1, 0.15) is 26.2 Å². The van der Waals surface area contributed by atoms with Gasteiger partial charge in [-0.3, -0.25) is 4.79 Å². The van der Waals surface area contributed by atoms with Gasteiger partial charge in [-0.25, -0.2) is 0 Å². The molecule has 0 unspecified atom stereocenters. The highest BCUT2D eigenvalue weighted by Crippen LogP contribution is 2.09. The molecule has 1 saturated heterocycles. The Morgan fingerprint density at radius 1 is 1.60 bits per heavy atom. The summed E-state index contributed by atoms with van der Waals surface area (Å²) in [6, 6.07) is 0. The van der Waals surface area contributed by atoms with Gasteiger partial charge in [0.05, 0.1) is 0 Å². The first-order valence-corrected chi connectivity index (χ1v) is 3.74. The Hall–Kier alpha value is -0.790. The molecule has 2 nitrogen and oxygen atoms in total. The van der Waals surface area contributed by atoms with Crippen molar-refractivity contribution in [2.75, 3.05) is 6.54 Å². The molecule has 0 amide bonds. The van der Waals surface area contributed by atoms with Crippen LogP contribution < -0.4 is 5.32 Å². The van der Waals surface area contributed by atoms with Gasteiger partial charge in [0, 0.05) is 12.2 Å². The lowest BCUT2D eigenvalue weighted by Gasteiger charge is -2.15. The van der Waals surface area contributed by atoms with Crippen LogP contribution in [0.2, 0.25) is 0 Å². The Balaban J connectivity index is 2.45. The second kappa shape index (κ2) is 3.40. The van der Waals surface area contributed by atoms with Crippen LogP contribution in [-0.2, 0) is 4.79 Å². The fraction of sp³-hybridized carbons (Fsp3) is 0.625. The molecule has 1 heterocycles. The summed E-state index contributed by atoms with van der Waals surface area (Å²) in [5.41, 5.74) is 1.11. The fourth-order valence-electron chi connectivity index (χ4n) is 1.15. The van der Waals surface area contributed by atoms with Crippen LogP contribution in [0.5, 0.6) is 0 Å². The van der Waals surface area contributed by atoms with Crippen molar-refractivity contribution in [2.45, 2.75) is 26.2 Å². The summed E-state index contributed by atoms with van der Waals surface area (Å²) in [4.78, 5) is 10.6. The topological polar surface area (TPSA) is 29.1 Å². The van der Waals surface area contributed by atoms with E-state index in [4.69, 9.17) is 0 Å². The van der Waals surface area contributed by atoms with E-state index < -0.39 is 0 Å². The minimum atomic E-state index is 0.143. The van der Waals surface area contributed by atoms with Crippen LogP contribution in [0.3, 0.4) is 0 Å². The Morgan fingerprint density at radius 2 is 2.40 bits per heavy atom. The van der Waals surface area contributed by atoms with E-state index in [9.17, 15) is 4.79 Å². The number of carbonyl (C=O) groups is 1. The van der Waals surface area contributed by atoms with Crippen LogP contribution in [-0.4, -0.2) is 12.3 Å². The fourth-order valence-corrected chi connectivity index (χ4v) is 1.15.